The molecule has 2 aromatic carbocycles. The standard InChI is InChI=1S/C20H14Cl3N3O2S/c1-25-18(27)15(10-24)20-26(14-6-4-12(21)5-7-14)19(28)17(29-20)8-11-2-3-13(22)9-16(11)23/h2-7,9,17H,8H2,1H3,(H,25,27)/b20-15-/t17-/m0/s1. The number of anilines is 1. The van der Waals surface area contributed by atoms with E-state index in [2.05, 4.69) is 5.32 Å². The SMILES string of the molecule is CNC(=O)/C(C#N)=C1\S[C@@H](Cc2ccc(Cl)cc2Cl)C(=O)N1c1ccc(Cl)cc1. The number of nitriles is 1. The molecule has 1 heterocycles. The quantitative estimate of drug-likeness (QED) is 0.518. The van der Waals surface area contributed by atoms with Crippen molar-refractivity contribution in [2.24, 2.45) is 0 Å². The van der Waals surface area contributed by atoms with E-state index in [0.717, 1.165) is 17.3 Å². The maximum Gasteiger partial charge on any atom is 0.264 e. The van der Waals surface area contributed by atoms with Crippen molar-refractivity contribution in [2.75, 3.05) is 11.9 Å². The number of carbonyl (C=O) groups excluding carboxylic acids is 2. The van der Waals surface area contributed by atoms with E-state index in [1.54, 1.807) is 42.5 Å². The van der Waals surface area contributed by atoms with E-state index >= 15 is 0 Å². The second-order valence-electron chi connectivity index (χ2n) is 6.07. The van der Waals surface area contributed by atoms with Crippen molar-refractivity contribution in [3.63, 3.8) is 0 Å². The second-order valence-corrected chi connectivity index (χ2v) is 8.54. The van der Waals surface area contributed by atoms with Crippen LogP contribution in [0.25, 0.3) is 0 Å². The van der Waals surface area contributed by atoms with Crippen LogP contribution < -0.4 is 10.2 Å². The molecule has 1 aliphatic heterocycles. The maximum absolute atomic E-state index is 13.2. The van der Waals surface area contributed by atoms with Crippen molar-refractivity contribution in [1.29, 1.82) is 5.26 Å². The van der Waals surface area contributed by atoms with E-state index in [9.17, 15) is 14.9 Å². The normalized spacial score (nSPS) is 17.8. The van der Waals surface area contributed by atoms with Crippen LogP contribution in [0, 0.1) is 11.3 Å². The topological polar surface area (TPSA) is 73.2 Å². The fourth-order valence-electron chi connectivity index (χ4n) is 2.82. The van der Waals surface area contributed by atoms with Crippen LogP contribution in [0.15, 0.2) is 53.1 Å². The minimum atomic E-state index is -0.563. The molecule has 2 amide bonds. The first-order valence-corrected chi connectivity index (χ1v) is 10.4. The molecule has 148 valence electrons. The van der Waals surface area contributed by atoms with E-state index in [0.29, 0.717) is 27.2 Å². The zero-order valence-corrected chi connectivity index (χ0v) is 18.2. The smallest absolute Gasteiger partial charge is 0.264 e. The van der Waals surface area contributed by atoms with Gasteiger partial charge in [0.25, 0.3) is 5.91 Å². The molecule has 3 rings (SSSR count). The fraction of sp³-hybridized carbons (Fsp3) is 0.150. The van der Waals surface area contributed by atoms with Gasteiger partial charge in [-0.05, 0) is 48.4 Å². The Hall–Kier alpha value is -2.17. The van der Waals surface area contributed by atoms with Crippen LogP contribution in [-0.4, -0.2) is 24.1 Å². The van der Waals surface area contributed by atoms with Gasteiger partial charge in [0.1, 0.15) is 16.7 Å². The van der Waals surface area contributed by atoms with Crippen LogP contribution in [0.1, 0.15) is 5.56 Å². The van der Waals surface area contributed by atoms with E-state index in [1.165, 1.54) is 11.9 Å². The summed E-state index contributed by atoms with van der Waals surface area (Å²) in [6.07, 6.45) is 0.319. The summed E-state index contributed by atoms with van der Waals surface area (Å²) in [7, 11) is 1.43. The van der Waals surface area contributed by atoms with Crippen LogP contribution in [0.4, 0.5) is 5.69 Å². The molecule has 1 atom stereocenters. The minimum absolute atomic E-state index is 0.134. The number of likely N-dealkylation sites (N-methyl/N-ethyl adjacent to an activating group) is 1. The predicted octanol–water partition coefficient (Wildman–Crippen LogP) is 4.82. The summed E-state index contributed by atoms with van der Waals surface area (Å²) in [5.41, 5.74) is 1.13. The Balaban J connectivity index is 2.05. The molecule has 1 saturated heterocycles. The van der Waals surface area contributed by atoms with Gasteiger partial charge in [0.15, 0.2) is 0 Å². The summed E-state index contributed by atoms with van der Waals surface area (Å²) in [4.78, 5) is 26.8. The van der Waals surface area contributed by atoms with Crippen molar-refractivity contribution in [2.45, 2.75) is 11.7 Å². The van der Waals surface area contributed by atoms with Crippen molar-refractivity contribution in [3.05, 3.63) is 73.7 Å². The molecular weight excluding hydrogens is 453 g/mol. The summed E-state index contributed by atoms with van der Waals surface area (Å²) >= 11 is 19.3. The van der Waals surface area contributed by atoms with Crippen molar-refractivity contribution in [3.8, 4) is 6.07 Å². The first-order chi connectivity index (χ1) is 13.8. The molecule has 1 fully saturated rings. The molecule has 1 aliphatic rings. The molecule has 0 spiro atoms. The average molecular weight is 467 g/mol. The van der Waals surface area contributed by atoms with Gasteiger partial charge in [0, 0.05) is 27.8 Å². The van der Waals surface area contributed by atoms with Gasteiger partial charge in [0.2, 0.25) is 5.91 Å². The Morgan fingerprint density at radius 2 is 1.83 bits per heavy atom. The Labute approximate surface area is 187 Å². The second kappa shape index (κ2) is 9.10. The third-order valence-electron chi connectivity index (χ3n) is 4.24. The number of hydrogen-bond donors (Lipinski definition) is 1. The van der Waals surface area contributed by atoms with Crippen molar-refractivity contribution < 1.29 is 9.59 Å². The van der Waals surface area contributed by atoms with Crippen LogP contribution in [-0.2, 0) is 16.0 Å². The van der Waals surface area contributed by atoms with Gasteiger partial charge in [-0.2, -0.15) is 5.26 Å². The Morgan fingerprint density at radius 3 is 2.41 bits per heavy atom. The molecular formula is C20H14Cl3N3O2S. The molecule has 0 saturated carbocycles. The van der Waals surface area contributed by atoms with Crippen molar-refractivity contribution in [1.82, 2.24) is 5.32 Å². The monoisotopic (exact) mass is 465 g/mol. The highest BCUT2D eigenvalue weighted by atomic mass is 35.5. The average Bonchev–Trinajstić information content (AvgIpc) is 3.01. The van der Waals surface area contributed by atoms with E-state index in [4.69, 9.17) is 34.8 Å². The lowest BCUT2D eigenvalue weighted by atomic mass is 10.1. The number of nitrogens with one attached hydrogen (secondary N) is 1. The lowest BCUT2D eigenvalue weighted by molar-refractivity contribution is -0.117. The van der Waals surface area contributed by atoms with Gasteiger partial charge in [-0.15, -0.1) is 0 Å². The summed E-state index contributed by atoms with van der Waals surface area (Å²) in [6, 6.07) is 13.6. The molecule has 0 bridgehead atoms. The lowest BCUT2D eigenvalue weighted by Gasteiger charge is -2.18. The number of benzene rings is 2. The molecule has 0 aliphatic carbocycles. The third kappa shape index (κ3) is 4.54. The van der Waals surface area contributed by atoms with E-state index in [-0.39, 0.29) is 16.5 Å². The molecule has 29 heavy (non-hydrogen) atoms. The molecule has 0 unspecified atom stereocenters. The lowest BCUT2D eigenvalue weighted by Crippen LogP contribution is -2.31. The highest BCUT2D eigenvalue weighted by molar-refractivity contribution is 8.05. The minimum Gasteiger partial charge on any atom is -0.354 e. The largest absolute Gasteiger partial charge is 0.354 e. The Morgan fingerprint density at radius 1 is 1.17 bits per heavy atom. The van der Waals surface area contributed by atoms with Crippen LogP contribution >= 0.6 is 46.6 Å². The Kier molecular flexibility index (Phi) is 6.76. The fourth-order valence-corrected chi connectivity index (χ4v) is 4.73. The van der Waals surface area contributed by atoms with Gasteiger partial charge < -0.3 is 5.32 Å². The molecule has 0 aromatic heterocycles. The van der Waals surface area contributed by atoms with E-state index < -0.39 is 11.2 Å². The van der Waals surface area contributed by atoms with Gasteiger partial charge in [-0.1, -0.05) is 52.6 Å². The number of nitrogens with zero attached hydrogens (tertiary/aromatic N) is 2. The number of halogens is 3. The molecule has 1 N–H and O–H groups in total. The summed E-state index contributed by atoms with van der Waals surface area (Å²) < 4.78 is 0. The van der Waals surface area contributed by atoms with Gasteiger partial charge >= 0.3 is 0 Å². The summed E-state index contributed by atoms with van der Waals surface area (Å²) in [6.45, 7) is 0. The van der Waals surface area contributed by atoms with Gasteiger partial charge in [-0.25, -0.2) is 0 Å². The summed E-state index contributed by atoms with van der Waals surface area (Å²) in [5, 5.41) is 13.2. The van der Waals surface area contributed by atoms with Crippen molar-refractivity contribution >= 4 is 64.1 Å². The number of hydrogen-bond acceptors (Lipinski definition) is 4. The Bertz CT molecular complexity index is 1050. The highest BCUT2D eigenvalue weighted by Crippen LogP contribution is 2.42. The maximum atomic E-state index is 13.2. The molecule has 2 aromatic rings. The van der Waals surface area contributed by atoms with Gasteiger partial charge in [-0.3, -0.25) is 14.5 Å². The van der Waals surface area contributed by atoms with Crippen LogP contribution in [0.2, 0.25) is 15.1 Å². The molecule has 0 radical (unpaired) electrons. The molecule has 9 heteroatoms. The summed E-state index contributed by atoms with van der Waals surface area (Å²) in [5.74, 6) is -0.818. The predicted molar refractivity (Wildman–Crippen MR) is 117 cm³/mol. The van der Waals surface area contributed by atoms with Crippen LogP contribution in [0.3, 0.4) is 0 Å². The van der Waals surface area contributed by atoms with Crippen LogP contribution in [0.5, 0.6) is 0 Å². The number of thioether (sulfide) groups is 1. The first kappa shape index (κ1) is 21.5. The highest BCUT2D eigenvalue weighted by Gasteiger charge is 2.40. The number of rotatable bonds is 4. The first-order valence-electron chi connectivity index (χ1n) is 8.42. The zero-order chi connectivity index (χ0) is 21.1. The number of amides is 2. The molecule has 5 nitrogen and oxygen atoms in total. The zero-order valence-electron chi connectivity index (χ0n) is 15.1. The third-order valence-corrected chi connectivity index (χ3v) is 6.34. The van der Waals surface area contributed by atoms with E-state index in [1.807, 2.05) is 6.07 Å². The number of carbonyl (C=O) groups is 2. The van der Waals surface area contributed by atoms with Gasteiger partial charge in [0.05, 0.1) is 5.25 Å².